The molecule has 18 heavy (non-hydrogen) atoms. The number of nitrogens with zero attached hydrogens (tertiary/aromatic N) is 3. The minimum Gasteiger partial charge on any atom is -0.331 e. The summed E-state index contributed by atoms with van der Waals surface area (Å²) in [6, 6.07) is 1.72. The lowest BCUT2D eigenvalue weighted by Gasteiger charge is -1.99. The normalized spacial score (nSPS) is 11.2. The van der Waals surface area contributed by atoms with Gasteiger partial charge in [0, 0.05) is 12.7 Å². The number of aromatic nitrogens is 6. The van der Waals surface area contributed by atoms with Crippen molar-refractivity contribution in [1.29, 1.82) is 0 Å². The van der Waals surface area contributed by atoms with Crippen LogP contribution in [-0.2, 0) is 6.54 Å². The van der Waals surface area contributed by atoms with Crippen LogP contribution < -0.4 is 11.2 Å². The highest BCUT2D eigenvalue weighted by molar-refractivity contribution is 5.74. The van der Waals surface area contributed by atoms with Crippen LogP contribution in [-0.4, -0.2) is 29.7 Å². The quantitative estimate of drug-likeness (QED) is 0.582. The molecule has 3 N–H and O–H groups in total. The van der Waals surface area contributed by atoms with Crippen molar-refractivity contribution in [2.75, 3.05) is 0 Å². The highest BCUT2D eigenvalue weighted by atomic mass is 16.2. The average Bonchev–Trinajstić information content (AvgIpc) is 2.97. The summed E-state index contributed by atoms with van der Waals surface area (Å²) in [5.41, 5.74) is 0.341. The number of imidazole rings is 1. The molecule has 0 aliphatic rings. The van der Waals surface area contributed by atoms with E-state index in [2.05, 4.69) is 25.1 Å². The topological polar surface area (TPSA) is 112 Å². The fraction of sp³-hybridized carbons (Fsp3) is 0.200. The molecule has 3 rings (SSSR count). The molecule has 0 unspecified atom stereocenters. The second-order valence-corrected chi connectivity index (χ2v) is 3.76. The highest BCUT2D eigenvalue weighted by Crippen LogP contribution is 2.14. The summed E-state index contributed by atoms with van der Waals surface area (Å²) in [6.45, 7) is 2.24. The van der Waals surface area contributed by atoms with Crippen molar-refractivity contribution in [3.8, 4) is 11.5 Å². The Morgan fingerprint density at radius 1 is 1.33 bits per heavy atom. The highest BCUT2D eigenvalue weighted by Gasteiger charge is 2.13. The average molecular weight is 246 g/mol. The second kappa shape index (κ2) is 3.69. The monoisotopic (exact) mass is 246 g/mol. The van der Waals surface area contributed by atoms with Crippen molar-refractivity contribution in [3.63, 3.8) is 0 Å². The molecule has 3 aromatic rings. The van der Waals surface area contributed by atoms with E-state index in [9.17, 15) is 9.59 Å². The van der Waals surface area contributed by atoms with Gasteiger partial charge in [-0.05, 0) is 13.0 Å². The zero-order valence-electron chi connectivity index (χ0n) is 9.52. The molecule has 0 aliphatic heterocycles. The summed E-state index contributed by atoms with van der Waals surface area (Å²) in [5, 5.41) is 6.55. The van der Waals surface area contributed by atoms with Crippen LogP contribution in [0.5, 0.6) is 0 Å². The van der Waals surface area contributed by atoms with Crippen LogP contribution in [0.2, 0.25) is 0 Å². The van der Waals surface area contributed by atoms with Crippen LogP contribution in [0.1, 0.15) is 6.92 Å². The molecule has 3 heterocycles. The van der Waals surface area contributed by atoms with Gasteiger partial charge < -0.3 is 4.98 Å². The van der Waals surface area contributed by atoms with E-state index in [0.29, 0.717) is 23.7 Å². The Labute approximate surface area is 99.7 Å². The Hall–Kier alpha value is -2.64. The van der Waals surface area contributed by atoms with Gasteiger partial charge in [0.1, 0.15) is 11.2 Å². The first-order valence-corrected chi connectivity index (χ1v) is 5.43. The van der Waals surface area contributed by atoms with E-state index in [0.717, 1.165) is 0 Å². The molecular weight excluding hydrogens is 236 g/mol. The van der Waals surface area contributed by atoms with Crippen LogP contribution in [0, 0.1) is 0 Å². The maximum atomic E-state index is 11.7. The lowest BCUT2D eigenvalue weighted by Crippen LogP contribution is -2.29. The first-order valence-electron chi connectivity index (χ1n) is 5.43. The van der Waals surface area contributed by atoms with Gasteiger partial charge in [-0.15, -0.1) is 0 Å². The number of rotatable bonds is 2. The van der Waals surface area contributed by atoms with Gasteiger partial charge in [-0.3, -0.25) is 19.4 Å². The van der Waals surface area contributed by atoms with Crippen molar-refractivity contribution in [1.82, 2.24) is 29.7 Å². The molecule has 8 heteroatoms. The van der Waals surface area contributed by atoms with Gasteiger partial charge in [0.05, 0.1) is 0 Å². The van der Waals surface area contributed by atoms with Crippen molar-refractivity contribution >= 4 is 11.2 Å². The van der Waals surface area contributed by atoms with Gasteiger partial charge in [-0.1, -0.05) is 0 Å². The predicted molar refractivity (Wildman–Crippen MR) is 64.2 cm³/mol. The zero-order valence-corrected chi connectivity index (χ0v) is 9.52. The summed E-state index contributed by atoms with van der Waals surface area (Å²) in [4.78, 5) is 32.7. The number of H-pyrrole nitrogens is 3. The summed E-state index contributed by atoms with van der Waals surface area (Å²) in [6.07, 6.45) is 1.58. The first-order chi connectivity index (χ1) is 8.70. The number of fused-ring (bicyclic) bond motifs is 1. The van der Waals surface area contributed by atoms with Crippen molar-refractivity contribution < 1.29 is 0 Å². The molecule has 0 atom stereocenters. The molecular formula is C10H10N6O2. The fourth-order valence-electron chi connectivity index (χ4n) is 1.85. The van der Waals surface area contributed by atoms with E-state index in [1.807, 2.05) is 6.92 Å². The van der Waals surface area contributed by atoms with Crippen molar-refractivity contribution in [2.24, 2.45) is 0 Å². The van der Waals surface area contributed by atoms with Crippen molar-refractivity contribution in [3.05, 3.63) is 33.1 Å². The van der Waals surface area contributed by atoms with E-state index < -0.39 is 11.2 Å². The van der Waals surface area contributed by atoms with Gasteiger partial charge in [0.2, 0.25) is 0 Å². The molecule has 0 fully saturated rings. The third-order valence-corrected chi connectivity index (χ3v) is 2.71. The lowest BCUT2D eigenvalue weighted by molar-refractivity contribution is 0.720. The van der Waals surface area contributed by atoms with Crippen LogP contribution in [0.15, 0.2) is 21.9 Å². The fourth-order valence-corrected chi connectivity index (χ4v) is 1.85. The molecule has 0 bridgehead atoms. The minimum atomic E-state index is -0.474. The number of hydrogen-bond donors (Lipinski definition) is 3. The van der Waals surface area contributed by atoms with Gasteiger partial charge in [-0.2, -0.15) is 5.10 Å². The first kappa shape index (κ1) is 10.5. The summed E-state index contributed by atoms with van der Waals surface area (Å²) in [5.74, 6) is 0.473. The maximum absolute atomic E-state index is 11.7. The standard InChI is InChI=1S/C10H10N6O2/c1-2-16-8-6(9(17)14-10(16)18)12-7(13-8)5-3-4-11-15-5/h3-4H,2H2,1H3,(H,11,15)(H,12,13)(H,14,17,18). The molecule has 0 aliphatic carbocycles. The molecule has 0 saturated heterocycles. The summed E-state index contributed by atoms with van der Waals surface area (Å²) < 4.78 is 1.40. The lowest BCUT2D eigenvalue weighted by atomic mass is 10.4. The number of hydrogen-bond acceptors (Lipinski definition) is 4. The SMILES string of the molecule is CCn1c(=O)[nH]c(=O)c2[nH]c(-c3ccn[nH]3)nc21. The largest absolute Gasteiger partial charge is 0.331 e. The Kier molecular flexibility index (Phi) is 2.15. The second-order valence-electron chi connectivity index (χ2n) is 3.76. The maximum Gasteiger partial charge on any atom is 0.330 e. The number of nitrogens with one attached hydrogen (secondary N) is 3. The number of aromatic amines is 3. The molecule has 0 saturated carbocycles. The number of aryl methyl sites for hydroxylation is 1. The summed E-state index contributed by atoms with van der Waals surface area (Å²) >= 11 is 0. The molecule has 0 amide bonds. The molecule has 0 aromatic carbocycles. The van der Waals surface area contributed by atoms with Gasteiger partial charge in [0.25, 0.3) is 5.56 Å². The summed E-state index contributed by atoms with van der Waals surface area (Å²) in [7, 11) is 0. The van der Waals surface area contributed by atoms with E-state index in [1.165, 1.54) is 4.57 Å². The molecule has 0 spiro atoms. The molecule has 8 nitrogen and oxygen atoms in total. The third-order valence-electron chi connectivity index (χ3n) is 2.71. The van der Waals surface area contributed by atoms with Crippen LogP contribution in [0.25, 0.3) is 22.7 Å². The van der Waals surface area contributed by atoms with Gasteiger partial charge >= 0.3 is 5.69 Å². The molecule has 92 valence electrons. The van der Waals surface area contributed by atoms with E-state index in [4.69, 9.17) is 0 Å². The van der Waals surface area contributed by atoms with Gasteiger partial charge in [-0.25, -0.2) is 9.78 Å². The Morgan fingerprint density at radius 3 is 2.83 bits per heavy atom. The molecule has 0 radical (unpaired) electrons. The van der Waals surface area contributed by atoms with Crippen LogP contribution in [0.4, 0.5) is 0 Å². The smallest absolute Gasteiger partial charge is 0.330 e. The van der Waals surface area contributed by atoms with Crippen LogP contribution in [0.3, 0.4) is 0 Å². The Bertz CT molecular complexity index is 807. The van der Waals surface area contributed by atoms with E-state index >= 15 is 0 Å². The van der Waals surface area contributed by atoms with E-state index in [1.54, 1.807) is 12.3 Å². The van der Waals surface area contributed by atoms with Crippen LogP contribution >= 0.6 is 0 Å². The minimum absolute atomic E-state index is 0.279. The molecule has 3 aromatic heterocycles. The van der Waals surface area contributed by atoms with E-state index in [-0.39, 0.29) is 5.52 Å². The Balaban J connectivity index is 2.39. The predicted octanol–water partition coefficient (Wildman–Crippen LogP) is -0.177. The van der Waals surface area contributed by atoms with Crippen molar-refractivity contribution in [2.45, 2.75) is 13.5 Å². The third kappa shape index (κ3) is 1.39. The Morgan fingerprint density at radius 2 is 2.17 bits per heavy atom. The zero-order chi connectivity index (χ0) is 12.7. The van der Waals surface area contributed by atoms with Gasteiger partial charge in [0.15, 0.2) is 11.5 Å².